The molecule has 1 aliphatic rings. The van der Waals surface area contributed by atoms with Gasteiger partial charge in [0, 0.05) is 5.56 Å². The second-order valence-electron chi connectivity index (χ2n) is 5.84. The lowest BCUT2D eigenvalue weighted by molar-refractivity contribution is 0.175. The first kappa shape index (κ1) is 14.2. The third-order valence-corrected chi connectivity index (χ3v) is 4.14. The van der Waals surface area contributed by atoms with Crippen molar-refractivity contribution in [2.24, 2.45) is 11.7 Å². The number of piperidine rings is 1. The Morgan fingerprint density at radius 1 is 1.33 bits per heavy atom. The SMILES string of the molecule is Cc1cccc(-c2nc(CN3CCC(CN)CC3)no2)c1. The molecule has 5 heteroatoms. The first-order chi connectivity index (χ1) is 10.2. The minimum Gasteiger partial charge on any atom is -0.334 e. The minimum absolute atomic E-state index is 0.602. The molecule has 1 aliphatic heterocycles. The molecule has 1 aromatic carbocycles. The van der Waals surface area contributed by atoms with Crippen molar-refractivity contribution in [2.75, 3.05) is 19.6 Å². The van der Waals surface area contributed by atoms with Crippen LogP contribution in [-0.2, 0) is 6.54 Å². The van der Waals surface area contributed by atoms with Crippen molar-refractivity contribution in [1.82, 2.24) is 15.0 Å². The van der Waals surface area contributed by atoms with E-state index in [1.807, 2.05) is 12.1 Å². The van der Waals surface area contributed by atoms with E-state index in [-0.39, 0.29) is 0 Å². The van der Waals surface area contributed by atoms with Gasteiger partial charge in [-0.3, -0.25) is 4.90 Å². The fraction of sp³-hybridized carbons (Fsp3) is 0.500. The first-order valence-corrected chi connectivity index (χ1v) is 7.56. The molecule has 0 bridgehead atoms. The molecule has 2 aromatic rings. The van der Waals surface area contributed by atoms with Crippen molar-refractivity contribution >= 4 is 0 Å². The Kier molecular flexibility index (Phi) is 4.31. The van der Waals surface area contributed by atoms with Gasteiger partial charge in [-0.05, 0) is 57.5 Å². The molecule has 0 radical (unpaired) electrons. The first-order valence-electron chi connectivity index (χ1n) is 7.56. The van der Waals surface area contributed by atoms with Gasteiger partial charge in [0.05, 0.1) is 6.54 Å². The molecule has 0 atom stereocenters. The van der Waals surface area contributed by atoms with Gasteiger partial charge >= 0.3 is 0 Å². The van der Waals surface area contributed by atoms with Crippen LogP contribution >= 0.6 is 0 Å². The molecule has 0 aliphatic carbocycles. The summed E-state index contributed by atoms with van der Waals surface area (Å²) in [5, 5.41) is 4.10. The zero-order valence-corrected chi connectivity index (χ0v) is 12.5. The summed E-state index contributed by atoms with van der Waals surface area (Å²) in [5.41, 5.74) is 7.90. The van der Waals surface area contributed by atoms with Gasteiger partial charge in [-0.25, -0.2) is 0 Å². The lowest BCUT2D eigenvalue weighted by Crippen LogP contribution is -2.35. The Hall–Kier alpha value is -1.72. The van der Waals surface area contributed by atoms with E-state index in [2.05, 4.69) is 34.1 Å². The van der Waals surface area contributed by atoms with Crippen LogP contribution in [0.1, 0.15) is 24.2 Å². The number of nitrogens with zero attached hydrogens (tertiary/aromatic N) is 3. The van der Waals surface area contributed by atoms with Crippen molar-refractivity contribution in [2.45, 2.75) is 26.3 Å². The quantitative estimate of drug-likeness (QED) is 0.933. The molecule has 0 saturated carbocycles. The monoisotopic (exact) mass is 286 g/mol. The van der Waals surface area contributed by atoms with E-state index < -0.39 is 0 Å². The van der Waals surface area contributed by atoms with Crippen LogP contribution in [0.4, 0.5) is 0 Å². The molecule has 3 rings (SSSR count). The normalized spacial score (nSPS) is 17.2. The van der Waals surface area contributed by atoms with Gasteiger partial charge in [-0.15, -0.1) is 0 Å². The maximum atomic E-state index is 5.72. The molecule has 0 amide bonds. The van der Waals surface area contributed by atoms with Gasteiger partial charge in [0.2, 0.25) is 0 Å². The predicted octanol–water partition coefficient (Wildman–Crippen LogP) is 2.22. The lowest BCUT2D eigenvalue weighted by Gasteiger charge is -2.30. The van der Waals surface area contributed by atoms with Crippen LogP contribution in [0.25, 0.3) is 11.5 Å². The lowest BCUT2D eigenvalue weighted by atomic mass is 9.97. The van der Waals surface area contributed by atoms with E-state index >= 15 is 0 Å². The topological polar surface area (TPSA) is 68.2 Å². The molecule has 112 valence electrons. The molecule has 0 unspecified atom stereocenters. The number of aromatic nitrogens is 2. The summed E-state index contributed by atoms with van der Waals surface area (Å²) < 4.78 is 5.38. The number of hydrogen-bond donors (Lipinski definition) is 1. The van der Waals surface area contributed by atoms with Crippen molar-refractivity contribution in [3.05, 3.63) is 35.7 Å². The van der Waals surface area contributed by atoms with Gasteiger partial charge in [-0.2, -0.15) is 4.98 Å². The standard InChI is InChI=1S/C16H22N4O/c1-12-3-2-4-14(9-12)16-18-15(19-21-16)11-20-7-5-13(10-17)6-8-20/h2-4,9,13H,5-8,10-11,17H2,1H3. The summed E-state index contributed by atoms with van der Waals surface area (Å²) in [7, 11) is 0. The van der Waals surface area contributed by atoms with E-state index in [9.17, 15) is 0 Å². The Labute approximate surface area is 125 Å². The van der Waals surface area contributed by atoms with Crippen LogP contribution in [0.15, 0.2) is 28.8 Å². The van der Waals surface area contributed by atoms with Crippen LogP contribution in [0.3, 0.4) is 0 Å². The summed E-state index contributed by atoms with van der Waals surface area (Å²) in [6.45, 7) is 5.74. The highest BCUT2D eigenvalue weighted by atomic mass is 16.5. The van der Waals surface area contributed by atoms with E-state index in [1.54, 1.807) is 0 Å². The zero-order chi connectivity index (χ0) is 14.7. The van der Waals surface area contributed by atoms with E-state index in [1.165, 1.54) is 18.4 Å². The predicted molar refractivity (Wildman–Crippen MR) is 81.5 cm³/mol. The van der Waals surface area contributed by atoms with Gasteiger partial charge in [0.1, 0.15) is 0 Å². The highest BCUT2D eigenvalue weighted by Crippen LogP contribution is 2.20. The van der Waals surface area contributed by atoms with Crippen LogP contribution in [0.2, 0.25) is 0 Å². The van der Waals surface area contributed by atoms with Gasteiger partial charge in [0.15, 0.2) is 5.82 Å². The van der Waals surface area contributed by atoms with E-state index in [0.29, 0.717) is 11.8 Å². The molecular formula is C16H22N4O. The second kappa shape index (κ2) is 6.37. The average molecular weight is 286 g/mol. The summed E-state index contributed by atoms with van der Waals surface area (Å²) in [6, 6.07) is 8.12. The average Bonchev–Trinajstić information content (AvgIpc) is 2.97. The zero-order valence-electron chi connectivity index (χ0n) is 12.5. The Balaban J connectivity index is 1.63. The van der Waals surface area contributed by atoms with E-state index in [4.69, 9.17) is 10.3 Å². The number of likely N-dealkylation sites (tertiary alicyclic amines) is 1. The van der Waals surface area contributed by atoms with Crippen molar-refractivity contribution in [1.29, 1.82) is 0 Å². The Bertz CT molecular complexity index is 587. The number of aryl methyl sites for hydroxylation is 1. The van der Waals surface area contributed by atoms with Gasteiger partial charge in [-0.1, -0.05) is 22.9 Å². The summed E-state index contributed by atoms with van der Waals surface area (Å²) in [6.07, 6.45) is 2.33. The fourth-order valence-electron chi connectivity index (χ4n) is 2.79. The smallest absolute Gasteiger partial charge is 0.257 e. The van der Waals surface area contributed by atoms with Crippen LogP contribution in [-0.4, -0.2) is 34.7 Å². The molecule has 2 N–H and O–H groups in total. The molecule has 1 saturated heterocycles. The molecule has 1 fully saturated rings. The van der Waals surface area contributed by atoms with Gasteiger partial charge < -0.3 is 10.3 Å². The Morgan fingerprint density at radius 2 is 2.14 bits per heavy atom. The molecular weight excluding hydrogens is 264 g/mol. The largest absolute Gasteiger partial charge is 0.334 e. The third-order valence-electron chi connectivity index (χ3n) is 4.14. The second-order valence-corrected chi connectivity index (χ2v) is 5.84. The summed E-state index contributed by atoms with van der Waals surface area (Å²) in [4.78, 5) is 6.88. The molecule has 0 spiro atoms. The van der Waals surface area contributed by atoms with Crippen molar-refractivity contribution < 1.29 is 4.52 Å². The van der Waals surface area contributed by atoms with Crippen LogP contribution in [0, 0.1) is 12.8 Å². The number of nitrogens with two attached hydrogens (primary N) is 1. The number of hydrogen-bond acceptors (Lipinski definition) is 5. The minimum atomic E-state index is 0.602. The molecule has 21 heavy (non-hydrogen) atoms. The maximum Gasteiger partial charge on any atom is 0.257 e. The number of benzene rings is 1. The number of rotatable bonds is 4. The van der Waals surface area contributed by atoms with Crippen LogP contribution in [0.5, 0.6) is 0 Å². The molecule has 5 nitrogen and oxygen atoms in total. The Morgan fingerprint density at radius 3 is 2.86 bits per heavy atom. The third kappa shape index (κ3) is 3.49. The fourth-order valence-corrected chi connectivity index (χ4v) is 2.79. The maximum absolute atomic E-state index is 5.72. The highest BCUT2D eigenvalue weighted by molar-refractivity contribution is 5.53. The van der Waals surface area contributed by atoms with E-state index in [0.717, 1.165) is 37.6 Å². The van der Waals surface area contributed by atoms with Crippen LogP contribution < -0.4 is 5.73 Å². The molecule has 2 heterocycles. The highest BCUT2D eigenvalue weighted by Gasteiger charge is 2.20. The van der Waals surface area contributed by atoms with Crippen molar-refractivity contribution in [3.63, 3.8) is 0 Å². The summed E-state index contributed by atoms with van der Waals surface area (Å²) >= 11 is 0. The van der Waals surface area contributed by atoms with Gasteiger partial charge in [0.25, 0.3) is 5.89 Å². The summed E-state index contributed by atoms with van der Waals surface area (Å²) in [5.74, 6) is 2.04. The molecule has 1 aromatic heterocycles. The van der Waals surface area contributed by atoms with Crippen molar-refractivity contribution in [3.8, 4) is 11.5 Å².